The maximum atomic E-state index is 12.1. The van der Waals surface area contributed by atoms with Gasteiger partial charge in [0.05, 0.1) is 11.4 Å². The lowest BCUT2D eigenvalue weighted by Crippen LogP contribution is -2.19. The second-order valence-electron chi connectivity index (χ2n) is 4.47. The van der Waals surface area contributed by atoms with Gasteiger partial charge in [-0.1, -0.05) is 6.07 Å². The fourth-order valence-corrected chi connectivity index (χ4v) is 1.98. The molecule has 0 saturated carbocycles. The van der Waals surface area contributed by atoms with Crippen molar-refractivity contribution in [3.05, 3.63) is 46.4 Å². The summed E-state index contributed by atoms with van der Waals surface area (Å²) in [6.07, 6.45) is 0. The highest BCUT2D eigenvalue weighted by atomic mass is 16.6. The zero-order valence-corrected chi connectivity index (χ0v) is 11.0. The first-order valence-corrected chi connectivity index (χ1v) is 6.33. The van der Waals surface area contributed by atoms with E-state index < -0.39 is 5.91 Å². The average molecular weight is 287 g/mol. The van der Waals surface area contributed by atoms with E-state index in [0.29, 0.717) is 36.1 Å². The van der Waals surface area contributed by atoms with Crippen LogP contribution in [0.1, 0.15) is 10.5 Å². The Morgan fingerprint density at radius 1 is 1.19 bits per heavy atom. The van der Waals surface area contributed by atoms with Gasteiger partial charge in [-0.15, -0.1) is 0 Å². The summed E-state index contributed by atoms with van der Waals surface area (Å²) in [7, 11) is 0. The molecule has 0 bridgehead atoms. The van der Waals surface area contributed by atoms with Gasteiger partial charge in [0.15, 0.2) is 11.5 Å². The molecule has 21 heavy (non-hydrogen) atoms. The van der Waals surface area contributed by atoms with Crippen LogP contribution in [0.5, 0.6) is 11.5 Å². The maximum absolute atomic E-state index is 12.1. The summed E-state index contributed by atoms with van der Waals surface area (Å²) in [6, 6.07) is 7.53. The van der Waals surface area contributed by atoms with E-state index in [-0.39, 0.29) is 11.3 Å². The number of rotatable bonds is 2. The molecule has 0 atom stereocenters. The first-order chi connectivity index (χ1) is 10.1. The number of ether oxygens (including phenoxy) is 2. The van der Waals surface area contributed by atoms with Crippen molar-refractivity contribution in [1.29, 1.82) is 0 Å². The van der Waals surface area contributed by atoms with Gasteiger partial charge in [0.1, 0.15) is 18.9 Å². The molecule has 2 aromatic rings. The molecule has 108 valence electrons. The Hall–Kier alpha value is -2.96. The Kier molecular flexibility index (Phi) is 3.23. The number of nitrogens with two attached hydrogens (primary N) is 1. The lowest BCUT2D eigenvalue weighted by molar-refractivity contribution is 0.102. The van der Waals surface area contributed by atoms with E-state index >= 15 is 0 Å². The third-order valence-corrected chi connectivity index (χ3v) is 2.98. The van der Waals surface area contributed by atoms with Crippen LogP contribution in [0, 0.1) is 0 Å². The molecule has 1 aromatic carbocycles. The SMILES string of the molecule is Nc1cc2c(cc1NC(=O)c1cccc(=O)[nH]1)OCCO2. The van der Waals surface area contributed by atoms with Gasteiger partial charge in [0, 0.05) is 18.2 Å². The summed E-state index contributed by atoms with van der Waals surface area (Å²) in [5, 5.41) is 2.63. The molecule has 4 N–H and O–H groups in total. The Labute approximate surface area is 119 Å². The number of H-pyrrole nitrogens is 1. The number of aromatic amines is 1. The molecule has 0 aliphatic carbocycles. The number of carbonyl (C=O) groups is 1. The fraction of sp³-hybridized carbons (Fsp3) is 0.143. The molecule has 7 nitrogen and oxygen atoms in total. The van der Waals surface area contributed by atoms with E-state index in [0.717, 1.165) is 0 Å². The number of hydrogen-bond acceptors (Lipinski definition) is 5. The quantitative estimate of drug-likeness (QED) is 0.714. The number of nitrogen functional groups attached to an aromatic ring is 1. The van der Waals surface area contributed by atoms with E-state index in [1.165, 1.54) is 18.2 Å². The number of anilines is 2. The normalized spacial score (nSPS) is 12.8. The van der Waals surface area contributed by atoms with Crippen LogP contribution in [-0.2, 0) is 0 Å². The standard InChI is InChI=1S/C14H13N3O4/c15-8-6-11-12(21-5-4-20-11)7-10(8)17-14(19)9-2-1-3-13(18)16-9/h1-3,6-7H,4-5,15H2,(H,16,18)(H,17,19). The molecule has 0 saturated heterocycles. The summed E-state index contributed by atoms with van der Waals surface area (Å²) in [4.78, 5) is 25.7. The molecular weight excluding hydrogens is 274 g/mol. The summed E-state index contributed by atoms with van der Waals surface area (Å²) in [6.45, 7) is 0.902. The second-order valence-corrected chi connectivity index (χ2v) is 4.47. The summed E-state index contributed by atoms with van der Waals surface area (Å²) >= 11 is 0. The van der Waals surface area contributed by atoms with Crippen LogP contribution in [0.3, 0.4) is 0 Å². The molecule has 1 aromatic heterocycles. The summed E-state index contributed by atoms with van der Waals surface area (Å²) in [5.74, 6) is 0.605. The van der Waals surface area contributed by atoms with Gasteiger partial charge in [-0.3, -0.25) is 9.59 Å². The van der Waals surface area contributed by atoms with Gasteiger partial charge in [0.2, 0.25) is 5.56 Å². The van der Waals surface area contributed by atoms with E-state index in [4.69, 9.17) is 15.2 Å². The van der Waals surface area contributed by atoms with E-state index in [1.54, 1.807) is 12.1 Å². The maximum Gasteiger partial charge on any atom is 0.272 e. The van der Waals surface area contributed by atoms with Gasteiger partial charge >= 0.3 is 0 Å². The number of pyridine rings is 1. The molecule has 0 radical (unpaired) electrons. The molecule has 0 fully saturated rings. The number of carbonyl (C=O) groups excluding carboxylic acids is 1. The first kappa shape index (κ1) is 13.0. The average Bonchev–Trinajstić information content (AvgIpc) is 2.48. The molecule has 0 unspecified atom stereocenters. The van der Waals surface area contributed by atoms with Crippen molar-refractivity contribution >= 4 is 17.3 Å². The van der Waals surface area contributed by atoms with E-state index in [9.17, 15) is 9.59 Å². The minimum atomic E-state index is -0.462. The van der Waals surface area contributed by atoms with Gasteiger partial charge in [-0.25, -0.2) is 0 Å². The smallest absolute Gasteiger partial charge is 0.272 e. The predicted octanol–water partition coefficient (Wildman–Crippen LogP) is 0.981. The monoisotopic (exact) mass is 287 g/mol. The third kappa shape index (κ3) is 2.66. The Morgan fingerprint density at radius 3 is 2.62 bits per heavy atom. The molecule has 7 heteroatoms. The second kappa shape index (κ2) is 5.20. The molecule has 1 aliphatic rings. The topological polar surface area (TPSA) is 106 Å². The predicted molar refractivity (Wildman–Crippen MR) is 76.9 cm³/mol. The highest BCUT2D eigenvalue weighted by Crippen LogP contribution is 2.36. The summed E-state index contributed by atoms with van der Waals surface area (Å²) in [5.41, 5.74) is 6.43. The molecule has 3 rings (SSSR count). The Morgan fingerprint density at radius 2 is 1.90 bits per heavy atom. The van der Waals surface area contributed by atoms with Gasteiger partial charge in [0.25, 0.3) is 5.91 Å². The van der Waals surface area contributed by atoms with Crippen LogP contribution >= 0.6 is 0 Å². The van der Waals surface area contributed by atoms with Crippen molar-refractivity contribution in [3.63, 3.8) is 0 Å². The zero-order chi connectivity index (χ0) is 14.8. The highest BCUT2D eigenvalue weighted by Gasteiger charge is 2.16. The van der Waals surface area contributed by atoms with Crippen molar-refractivity contribution in [2.75, 3.05) is 24.3 Å². The molecule has 0 spiro atoms. The van der Waals surface area contributed by atoms with Crippen LogP contribution in [0.4, 0.5) is 11.4 Å². The summed E-state index contributed by atoms with van der Waals surface area (Å²) < 4.78 is 10.8. The fourth-order valence-electron chi connectivity index (χ4n) is 1.98. The Bertz CT molecular complexity index is 754. The van der Waals surface area contributed by atoms with Gasteiger partial charge in [-0.2, -0.15) is 0 Å². The molecular formula is C14H13N3O4. The largest absolute Gasteiger partial charge is 0.486 e. The molecule has 2 heterocycles. The van der Waals surface area contributed by atoms with Gasteiger partial charge < -0.3 is 25.5 Å². The van der Waals surface area contributed by atoms with Crippen LogP contribution in [0.2, 0.25) is 0 Å². The van der Waals surface area contributed by atoms with Crippen LogP contribution in [-0.4, -0.2) is 24.1 Å². The third-order valence-electron chi connectivity index (χ3n) is 2.98. The number of aromatic nitrogens is 1. The van der Waals surface area contributed by atoms with E-state index in [1.807, 2.05) is 0 Å². The van der Waals surface area contributed by atoms with Gasteiger partial charge in [-0.05, 0) is 6.07 Å². The minimum absolute atomic E-state index is 0.150. The van der Waals surface area contributed by atoms with Crippen LogP contribution in [0.15, 0.2) is 35.1 Å². The van der Waals surface area contributed by atoms with Crippen molar-refractivity contribution in [1.82, 2.24) is 4.98 Å². The number of nitrogens with one attached hydrogen (secondary N) is 2. The lowest BCUT2D eigenvalue weighted by atomic mass is 10.2. The number of benzene rings is 1. The lowest BCUT2D eigenvalue weighted by Gasteiger charge is -2.20. The minimum Gasteiger partial charge on any atom is -0.486 e. The Balaban J connectivity index is 1.87. The van der Waals surface area contributed by atoms with Crippen molar-refractivity contribution in [2.45, 2.75) is 0 Å². The molecule has 1 aliphatic heterocycles. The zero-order valence-electron chi connectivity index (χ0n) is 11.0. The van der Waals surface area contributed by atoms with E-state index in [2.05, 4.69) is 10.3 Å². The van der Waals surface area contributed by atoms with Crippen molar-refractivity contribution in [2.24, 2.45) is 0 Å². The first-order valence-electron chi connectivity index (χ1n) is 6.33. The van der Waals surface area contributed by atoms with Crippen LogP contribution < -0.4 is 26.1 Å². The number of amides is 1. The highest BCUT2D eigenvalue weighted by molar-refractivity contribution is 6.04. The van der Waals surface area contributed by atoms with Crippen molar-refractivity contribution in [3.8, 4) is 11.5 Å². The van der Waals surface area contributed by atoms with Crippen molar-refractivity contribution < 1.29 is 14.3 Å². The van der Waals surface area contributed by atoms with Crippen LogP contribution in [0.25, 0.3) is 0 Å². The molecule has 1 amide bonds. The number of fused-ring (bicyclic) bond motifs is 1. The number of hydrogen-bond donors (Lipinski definition) is 3.